The minimum atomic E-state index is -3.78. The van der Waals surface area contributed by atoms with Crippen LogP contribution in [0.4, 0.5) is 17.5 Å². The number of para-hydroxylation sites is 1. The van der Waals surface area contributed by atoms with Gasteiger partial charge in [-0.05, 0) is 61.7 Å². The number of fused-ring (bicyclic) bond motifs is 1. The third-order valence-electron chi connectivity index (χ3n) is 6.68. The molecule has 1 amide bonds. The standard InChI is InChI=1S/C26H30N8O3S/c1-2-18-15-20(33-32-18)16-28-24-22-5-3-4-6-23(22)30-26(31-24)34-13-11-17(12-14-34)25(35)29-19-7-9-21(10-8-19)38(27,36)37/h3-10,15,17H,2,11-14,16H2,1H3,(H,29,35)(H,32,33)(H2,27,36,37)(H,28,30,31). The smallest absolute Gasteiger partial charge is 0.238 e. The van der Waals surface area contributed by atoms with Crippen LogP contribution in [0.5, 0.6) is 0 Å². The van der Waals surface area contributed by atoms with Gasteiger partial charge in [0.2, 0.25) is 21.9 Å². The van der Waals surface area contributed by atoms with Gasteiger partial charge in [0.25, 0.3) is 0 Å². The van der Waals surface area contributed by atoms with Crippen molar-refractivity contribution in [3.63, 3.8) is 0 Å². The van der Waals surface area contributed by atoms with Crippen molar-refractivity contribution in [2.24, 2.45) is 11.1 Å². The Morgan fingerprint density at radius 3 is 2.53 bits per heavy atom. The molecule has 3 heterocycles. The highest BCUT2D eigenvalue weighted by Gasteiger charge is 2.27. The monoisotopic (exact) mass is 534 g/mol. The van der Waals surface area contributed by atoms with E-state index < -0.39 is 10.0 Å². The van der Waals surface area contributed by atoms with Gasteiger partial charge in [-0.2, -0.15) is 10.1 Å². The SMILES string of the molecule is CCc1cc(CNc2nc(N3CCC(C(=O)Nc4ccc(S(N)(=O)=O)cc4)CC3)nc3ccccc23)[nH]n1. The van der Waals surface area contributed by atoms with Gasteiger partial charge in [-0.25, -0.2) is 18.5 Å². The molecule has 0 bridgehead atoms. The Morgan fingerprint density at radius 2 is 1.84 bits per heavy atom. The fourth-order valence-corrected chi connectivity index (χ4v) is 5.03. The topological polar surface area (TPSA) is 159 Å². The van der Waals surface area contributed by atoms with Crippen molar-refractivity contribution < 1.29 is 13.2 Å². The number of benzene rings is 2. The summed E-state index contributed by atoms with van der Waals surface area (Å²) in [5, 5.41) is 19.7. The fraction of sp³-hybridized carbons (Fsp3) is 0.308. The van der Waals surface area contributed by atoms with Crippen LogP contribution < -0.4 is 20.7 Å². The molecule has 0 aliphatic carbocycles. The molecule has 0 unspecified atom stereocenters. The number of aromatic amines is 1. The van der Waals surface area contributed by atoms with E-state index in [4.69, 9.17) is 15.1 Å². The number of sulfonamides is 1. The van der Waals surface area contributed by atoms with Crippen molar-refractivity contribution >= 4 is 44.3 Å². The Kier molecular flexibility index (Phi) is 7.25. The predicted octanol–water partition coefficient (Wildman–Crippen LogP) is 3.03. The number of nitrogens with zero attached hydrogens (tertiary/aromatic N) is 4. The van der Waals surface area contributed by atoms with Crippen molar-refractivity contribution in [3.05, 3.63) is 66.0 Å². The summed E-state index contributed by atoms with van der Waals surface area (Å²) in [5.74, 6) is 1.11. The highest BCUT2D eigenvalue weighted by atomic mass is 32.2. The predicted molar refractivity (Wildman–Crippen MR) is 146 cm³/mol. The van der Waals surface area contributed by atoms with Gasteiger partial charge in [-0.1, -0.05) is 19.1 Å². The van der Waals surface area contributed by atoms with Crippen molar-refractivity contribution in [2.75, 3.05) is 28.6 Å². The summed E-state index contributed by atoms with van der Waals surface area (Å²) in [7, 11) is -3.78. The number of hydrogen-bond acceptors (Lipinski definition) is 8. The Labute approximate surface area is 220 Å². The molecule has 38 heavy (non-hydrogen) atoms. The zero-order valence-electron chi connectivity index (χ0n) is 21.0. The molecule has 1 aliphatic rings. The second kappa shape index (κ2) is 10.8. The first-order chi connectivity index (χ1) is 18.3. The lowest BCUT2D eigenvalue weighted by molar-refractivity contribution is -0.120. The molecule has 12 heteroatoms. The minimum Gasteiger partial charge on any atom is -0.364 e. The van der Waals surface area contributed by atoms with E-state index in [-0.39, 0.29) is 16.7 Å². The lowest BCUT2D eigenvalue weighted by atomic mass is 9.96. The van der Waals surface area contributed by atoms with Gasteiger partial charge in [0, 0.05) is 30.1 Å². The first-order valence-electron chi connectivity index (χ1n) is 12.5. The molecule has 0 saturated carbocycles. The van der Waals surface area contributed by atoms with Crippen LogP contribution >= 0.6 is 0 Å². The van der Waals surface area contributed by atoms with Gasteiger partial charge >= 0.3 is 0 Å². The molecule has 4 aromatic rings. The Balaban J connectivity index is 1.25. The summed E-state index contributed by atoms with van der Waals surface area (Å²) in [6, 6.07) is 15.8. The van der Waals surface area contributed by atoms with Crippen LogP contribution in [0.3, 0.4) is 0 Å². The lowest BCUT2D eigenvalue weighted by Crippen LogP contribution is -2.39. The van der Waals surface area contributed by atoms with Crippen LogP contribution in [-0.2, 0) is 27.8 Å². The lowest BCUT2D eigenvalue weighted by Gasteiger charge is -2.31. The highest BCUT2D eigenvalue weighted by Crippen LogP contribution is 2.27. The van der Waals surface area contributed by atoms with E-state index in [1.165, 1.54) is 24.3 Å². The average Bonchev–Trinajstić information content (AvgIpc) is 3.39. The Bertz CT molecular complexity index is 1540. The van der Waals surface area contributed by atoms with Gasteiger partial charge < -0.3 is 15.5 Å². The van der Waals surface area contributed by atoms with Crippen molar-refractivity contribution in [3.8, 4) is 0 Å². The van der Waals surface area contributed by atoms with Crippen molar-refractivity contribution in [2.45, 2.75) is 37.6 Å². The fourth-order valence-electron chi connectivity index (χ4n) is 4.51. The van der Waals surface area contributed by atoms with E-state index in [1.54, 1.807) is 0 Å². The molecule has 0 atom stereocenters. The molecular formula is C26H30N8O3S. The molecule has 1 aliphatic heterocycles. The number of piperidine rings is 1. The van der Waals surface area contributed by atoms with E-state index >= 15 is 0 Å². The van der Waals surface area contributed by atoms with Gasteiger partial charge in [-0.3, -0.25) is 9.89 Å². The second-order valence-corrected chi connectivity index (χ2v) is 10.9. The third-order valence-corrected chi connectivity index (χ3v) is 7.61. The number of amides is 1. The zero-order chi connectivity index (χ0) is 26.7. The van der Waals surface area contributed by atoms with Crippen LogP contribution in [-0.4, -0.2) is 47.6 Å². The number of primary sulfonamides is 1. The number of H-pyrrole nitrogens is 1. The maximum Gasteiger partial charge on any atom is 0.238 e. The second-order valence-electron chi connectivity index (χ2n) is 9.30. The molecule has 1 fully saturated rings. The molecule has 2 aromatic carbocycles. The first-order valence-corrected chi connectivity index (χ1v) is 14.1. The maximum atomic E-state index is 12.8. The number of nitrogens with two attached hydrogens (primary N) is 1. The number of nitrogens with one attached hydrogen (secondary N) is 3. The third kappa shape index (κ3) is 5.76. The van der Waals surface area contributed by atoms with Gasteiger partial charge in [0.15, 0.2) is 0 Å². The van der Waals surface area contributed by atoms with Crippen LogP contribution in [0.2, 0.25) is 0 Å². The number of rotatable bonds is 8. The average molecular weight is 535 g/mol. The van der Waals surface area contributed by atoms with E-state index in [9.17, 15) is 13.2 Å². The minimum absolute atomic E-state index is 0.00308. The van der Waals surface area contributed by atoms with Crippen LogP contribution in [0.25, 0.3) is 10.9 Å². The van der Waals surface area contributed by atoms with Crippen LogP contribution in [0.1, 0.15) is 31.2 Å². The number of aryl methyl sites for hydroxylation is 1. The van der Waals surface area contributed by atoms with Crippen molar-refractivity contribution in [1.82, 2.24) is 20.2 Å². The van der Waals surface area contributed by atoms with Gasteiger partial charge in [0.05, 0.1) is 28.3 Å². The summed E-state index contributed by atoms with van der Waals surface area (Å²) in [6.45, 7) is 3.91. The molecule has 1 saturated heterocycles. The summed E-state index contributed by atoms with van der Waals surface area (Å²) < 4.78 is 22.9. The zero-order valence-corrected chi connectivity index (χ0v) is 21.8. The molecule has 2 aromatic heterocycles. The summed E-state index contributed by atoms with van der Waals surface area (Å²) in [4.78, 5) is 24.6. The largest absolute Gasteiger partial charge is 0.364 e. The van der Waals surface area contributed by atoms with Gasteiger partial charge in [-0.15, -0.1) is 0 Å². The molecule has 0 radical (unpaired) electrons. The number of aromatic nitrogens is 4. The number of carbonyl (C=O) groups excluding carboxylic acids is 1. The van der Waals surface area contributed by atoms with E-state index in [2.05, 4.69) is 32.7 Å². The first kappa shape index (κ1) is 25.6. The summed E-state index contributed by atoms with van der Waals surface area (Å²) >= 11 is 0. The Morgan fingerprint density at radius 1 is 1.11 bits per heavy atom. The van der Waals surface area contributed by atoms with Crippen LogP contribution in [0.15, 0.2) is 59.5 Å². The number of carbonyl (C=O) groups is 1. The molecular weight excluding hydrogens is 504 g/mol. The van der Waals surface area contributed by atoms with Crippen molar-refractivity contribution in [1.29, 1.82) is 0 Å². The van der Waals surface area contributed by atoms with E-state index in [1.807, 2.05) is 30.3 Å². The van der Waals surface area contributed by atoms with E-state index in [0.29, 0.717) is 44.1 Å². The molecule has 5 rings (SSSR count). The molecule has 5 N–H and O–H groups in total. The number of anilines is 3. The number of hydrogen-bond donors (Lipinski definition) is 4. The normalized spacial score (nSPS) is 14.5. The van der Waals surface area contributed by atoms with Crippen LogP contribution in [0, 0.1) is 5.92 Å². The molecule has 0 spiro atoms. The van der Waals surface area contributed by atoms with E-state index in [0.717, 1.165) is 34.5 Å². The summed E-state index contributed by atoms with van der Waals surface area (Å²) in [6.07, 6.45) is 2.16. The Hall–Kier alpha value is -4.03. The summed E-state index contributed by atoms with van der Waals surface area (Å²) in [5.41, 5.74) is 3.38. The quantitative estimate of drug-likeness (QED) is 0.268. The molecule has 198 valence electrons. The maximum absolute atomic E-state index is 12.8. The van der Waals surface area contributed by atoms with Gasteiger partial charge in [0.1, 0.15) is 5.82 Å². The molecule has 11 nitrogen and oxygen atoms in total. The highest BCUT2D eigenvalue weighted by molar-refractivity contribution is 7.89.